The van der Waals surface area contributed by atoms with Crippen LogP contribution in [0.4, 0.5) is 14.5 Å². The van der Waals surface area contributed by atoms with E-state index in [-0.39, 0.29) is 16.9 Å². The Hall–Kier alpha value is -3.27. The van der Waals surface area contributed by atoms with E-state index in [0.717, 1.165) is 31.5 Å². The van der Waals surface area contributed by atoms with Crippen LogP contribution >= 0.6 is 0 Å². The molecule has 2 aromatic heterocycles. The third-order valence-corrected chi connectivity index (χ3v) is 5.65. The lowest BCUT2D eigenvalue weighted by molar-refractivity contribution is 0.0591. The third kappa shape index (κ3) is 3.78. The fraction of sp³-hybridized carbons (Fsp3) is 0.381. The zero-order valence-corrected chi connectivity index (χ0v) is 16.6. The van der Waals surface area contributed by atoms with Gasteiger partial charge in [-0.3, -0.25) is 4.79 Å². The number of hydrogen-bond acceptors (Lipinski definition) is 6. The van der Waals surface area contributed by atoms with Crippen LogP contribution in [-0.4, -0.2) is 52.2 Å². The van der Waals surface area contributed by atoms with E-state index >= 15 is 0 Å². The van der Waals surface area contributed by atoms with Gasteiger partial charge in [0.25, 0.3) is 12.3 Å². The van der Waals surface area contributed by atoms with Crippen LogP contribution in [0, 0.1) is 0 Å². The van der Waals surface area contributed by atoms with Gasteiger partial charge in [0.05, 0.1) is 11.9 Å². The molecule has 0 unspecified atom stereocenters. The summed E-state index contributed by atoms with van der Waals surface area (Å²) in [5.41, 5.74) is 1.59. The predicted molar refractivity (Wildman–Crippen MR) is 108 cm³/mol. The van der Waals surface area contributed by atoms with Gasteiger partial charge in [-0.25, -0.2) is 18.3 Å². The maximum atomic E-state index is 12.9. The minimum Gasteiger partial charge on any atom is -0.486 e. The van der Waals surface area contributed by atoms with Crippen LogP contribution in [0.2, 0.25) is 0 Å². The van der Waals surface area contributed by atoms with Crippen molar-refractivity contribution in [3.63, 3.8) is 0 Å². The van der Waals surface area contributed by atoms with Gasteiger partial charge in [-0.1, -0.05) is 0 Å². The lowest BCUT2D eigenvalue weighted by Crippen LogP contribution is -2.45. The maximum Gasteiger partial charge on any atom is 0.272 e. The largest absolute Gasteiger partial charge is 0.486 e. The molecule has 0 atom stereocenters. The Morgan fingerprint density at radius 1 is 1.35 bits per heavy atom. The molecule has 162 valence electrons. The van der Waals surface area contributed by atoms with Gasteiger partial charge in [0.15, 0.2) is 5.65 Å². The molecule has 3 aromatic rings. The minimum absolute atomic E-state index is 0.141. The van der Waals surface area contributed by atoms with E-state index in [0.29, 0.717) is 23.5 Å². The molecule has 0 radical (unpaired) electrons. The molecule has 0 saturated carbocycles. The monoisotopic (exact) mass is 429 g/mol. The lowest BCUT2D eigenvalue weighted by Gasteiger charge is -2.33. The summed E-state index contributed by atoms with van der Waals surface area (Å²) in [7, 11) is 0. The Kier molecular flexibility index (Phi) is 4.93. The number of nitrogens with one attached hydrogen (secondary N) is 2. The van der Waals surface area contributed by atoms with Crippen LogP contribution in [0.25, 0.3) is 5.65 Å². The normalized spacial score (nSPS) is 17.0. The third-order valence-electron chi connectivity index (χ3n) is 5.65. The summed E-state index contributed by atoms with van der Waals surface area (Å²) in [6, 6.07) is 5.05. The number of amides is 1. The van der Waals surface area contributed by atoms with Crippen LogP contribution in [0.5, 0.6) is 11.5 Å². The number of ether oxygens (including phenoxy) is 2. The number of benzene rings is 1. The molecule has 2 aliphatic rings. The number of hydrogen-bond donors (Lipinski definition) is 2. The first-order valence-corrected chi connectivity index (χ1v) is 10.1. The van der Waals surface area contributed by atoms with Crippen molar-refractivity contribution < 1.29 is 23.0 Å². The van der Waals surface area contributed by atoms with Crippen molar-refractivity contribution in [1.82, 2.24) is 19.9 Å². The number of rotatable bonds is 5. The summed E-state index contributed by atoms with van der Waals surface area (Å²) in [6.07, 6.45) is 4.42. The fourth-order valence-electron chi connectivity index (χ4n) is 4.16. The Morgan fingerprint density at radius 3 is 3.00 bits per heavy atom. The zero-order valence-electron chi connectivity index (χ0n) is 16.6. The quantitative estimate of drug-likeness (QED) is 0.648. The molecule has 2 aliphatic heterocycles. The standard InChI is InChI=1S/C21H21F2N5O3/c22-18(23)12-30-17-9-16-13(10-21(31-16)2-5-24-6-3-21)8-15(17)27-20(29)14-11-26-28-7-1-4-25-19(14)28/h1,4,7-9,11,18,24H,2-3,5-6,10,12H2,(H,27,29). The molecule has 1 aromatic carbocycles. The highest BCUT2D eigenvalue weighted by atomic mass is 19.3. The van der Waals surface area contributed by atoms with E-state index in [1.54, 1.807) is 30.6 Å². The highest BCUT2D eigenvalue weighted by Crippen LogP contribution is 2.44. The first-order valence-electron chi connectivity index (χ1n) is 10.1. The Bertz CT molecular complexity index is 1130. The molecular formula is C21H21F2N5O3. The summed E-state index contributed by atoms with van der Waals surface area (Å²) < 4.78 is 38.6. The number of aromatic nitrogens is 3. The molecule has 31 heavy (non-hydrogen) atoms. The Balaban J connectivity index is 1.45. The number of alkyl halides is 2. The number of carbonyl (C=O) groups is 1. The van der Waals surface area contributed by atoms with Crippen LogP contribution < -0.4 is 20.1 Å². The molecule has 8 nitrogen and oxygen atoms in total. The molecule has 0 aliphatic carbocycles. The van der Waals surface area contributed by atoms with E-state index in [1.807, 2.05) is 0 Å². The molecule has 5 rings (SSSR count). The Morgan fingerprint density at radius 2 is 2.19 bits per heavy atom. The van der Waals surface area contributed by atoms with Crippen molar-refractivity contribution >= 4 is 17.2 Å². The number of halogens is 2. The van der Waals surface area contributed by atoms with Gasteiger partial charge < -0.3 is 20.1 Å². The van der Waals surface area contributed by atoms with E-state index in [4.69, 9.17) is 9.47 Å². The Labute approximate surface area is 176 Å². The highest BCUT2D eigenvalue weighted by molar-refractivity contribution is 6.08. The number of nitrogens with zero attached hydrogens (tertiary/aromatic N) is 3. The van der Waals surface area contributed by atoms with Gasteiger partial charge in [0.1, 0.15) is 29.3 Å². The van der Waals surface area contributed by atoms with Crippen LogP contribution in [0.3, 0.4) is 0 Å². The summed E-state index contributed by atoms with van der Waals surface area (Å²) in [5, 5.41) is 10.2. The van der Waals surface area contributed by atoms with Crippen molar-refractivity contribution in [2.24, 2.45) is 0 Å². The van der Waals surface area contributed by atoms with Gasteiger partial charge in [-0.2, -0.15) is 5.10 Å². The lowest BCUT2D eigenvalue weighted by atomic mass is 9.88. The highest BCUT2D eigenvalue weighted by Gasteiger charge is 2.41. The summed E-state index contributed by atoms with van der Waals surface area (Å²) in [6.45, 7) is 0.928. The second kappa shape index (κ2) is 7.77. The minimum atomic E-state index is -2.64. The smallest absolute Gasteiger partial charge is 0.272 e. The molecule has 4 heterocycles. The van der Waals surface area contributed by atoms with Crippen molar-refractivity contribution in [3.8, 4) is 11.5 Å². The first-order chi connectivity index (χ1) is 15.0. The van der Waals surface area contributed by atoms with Gasteiger partial charge in [-0.15, -0.1) is 0 Å². The zero-order chi connectivity index (χ0) is 21.4. The van der Waals surface area contributed by atoms with Crippen LogP contribution in [0.1, 0.15) is 28.8 Å². The molecule has 1 amide bonds. The SMILES string of the molecule is O=C(Nc1cc2c(cc1OCC(F)F)OC1(CCNCC1)C2)c1cnn2cccnc12. The van der Waals surface area contributed by atoms with Gasteiger partial charge in [0, 0.05) is 30.4 Å². The van der Waals surface area contributed by atoms with Gasteiger partial charge >= 0.3 is 0 Å². The predicted octanol–water partition coefficient (Wildman–Crippen LogP) is 2.68. The van der Waals surface area contributed by atoms with E-state index in [9.17, 15) is 13.6 Å². The van der Waals surface area contributed by atoms with Gasteiger partial charge in [0.2, 0.25) is 0 Å². The van der Waals surface area contributed by atoms with Gasteiger partial charge in [-0.05, 0) is 38.1 Å². The number of fused-ring (bicyclic) bond motifs is 2. The van der Waals surface area contributed by atoms with E-state index in [2.05, 4.69) is 20.7 Å². The van der Waals surface area contributed by atoms with Crippen molar-refractivity contribution in [3.05, 3.63) is 47.9 Å². The summed E-state index contributed by atoms with van der Waals surface area (Å²) >= 11 is 0. The average Bonchev–Trinajstić information content (AvgIpc) is 3.33. The molecule has 10 heteroatoms. The molecule has 2 N–H and O–H groups in total. The second-order valence-corrected chi connectivity index (χ2v) is 7.77. The summed E-state index contributed by atoms with van der Waals surface area (Å²) in [5.74, 6) is 0.302. The van der Waals surface area contributed by atoms with E-state index in [1.165, 1.54) is 10.7 Å². The van der Waals surface area contributed by atoms with Crippen LogP contribution in [0.15, 0.2) is 36.8 Å². The number of carbonyl (C=O) groups excluding carboxylic acids is 1. The van der Waals surface area contributed by atoms with Crippen molar-refractivity contribution in [1.29, 1.82) is 0 Å². The molecule has 1 spiro atoms. The maximum absolute atomic E-state index is 12.9. The number of piperidine rings is 1. The molecule has 0 bridgehead atoms. The molecule has 1 saturated heterocycles. The molecular weight excluding hydrogens is 408 g/mol. The summed E-state index contributed by atoms with van der Waals surface area (Å²) in [4.78, 5) is 17.1. The molecule has 1 fully saturated rings. The van der Waals surface area contributed by atoms with Crippen LogP contribution in [-0.2, 0) is 6.42 Å². The van der Waals surface area contributed by atoms with Crippen molar-refractivity contribution in [2.45, 2.75) is 31.3 Å². The topological polar surface area (TPSA) is 89.8 Å². The van der Waals surface area contributed by atoms with E-state index < -0.39 is 18.9 Å². The fourth-order valence-corrected chi connectivity index (χ4v) is 4.16. The number of anilines is 1. The average molecular weight is 429 g/mol. The second-order valence-electron chi connectivity index (χ2n) is 7.77. The van der Waals surface area contributed by atoms with Crippen molar-refractivity contribution in [2.75, 3.05) is 25.0 Å². The first kappa shape index (κ1) is 19.7.